The second-order valence-electron chi connectivity index (χ2n) is 5.36. The predicted molar refractivity (Wildman–Crippen MR) is 94.3 cm³/mol. The van der Waals surface area contributed by atoms with E-state index in [1.54, 1.807) is 12.1 Å². The fourth-order valence-corrected chi connectivity index (χ4v) is 2.97. The fourth-order valence-electron chi connectivity index (χ4n) is 2.67. The average molecular weight is 349 g/mol. The fraction of sp³-hybridized carbons (Fsp3) is 0.235. The summed E-state index contributed by atoms with van der Waals surface area (Å²) in [4.78, 5) is 14.1. The van der Waals surface area contributed by atoms with Crippen molar-refractivity contribution < 1.29 is 4.79 Å². The van der Waals surface area contributed by atoms with Crippen LogP contribution in [0.5, 0.6) is 0 Å². The first-order chi connectivity index (χ1) is 11.1. The first-order valence-corrected chi connectivity index (χ1v) is 8.09. The molecule has 0 bridgehead atoms. The average Bonchev–Trinajstić information content (AvgIpc) is 2.57. The Bertz CT molecular complexity index is 743. The van der Waals surface area contributed by atoms with Crippen molar-refractivity contribution in [3.05, 3.63) is 52.0 Å². The van der Waals surface area contributed by atoms with Crippen molar-refractivity contribution in [3.63, 3.8) is 0 Å². The summed E-state index contributed by atoms with van der Waals surface area (Å²) in [6, 6.07) is 12.2. The van der Waals surface area contributed by atoms with Gasteiger partial charge < -0.3 is 16.0 Å². The van der Waals surface area contributed by atoms with E-state index in [-0.39, 0.29) is 0 Å². The second kappa shape index (κ2) is 6.79. The lowest BCUT2D eigenvalue weighted by Gasteiger charge is -2.29. The molecule has 1 fully saturated rings. The van der Waals surface area contributed by atoms with E-state index >= 15 is 0 Å². The van der Waals surface area contributed by atoms with Gasteiger partial charge in [-0.3, -0.25) is 4.79 Å². The highest BCUT2D eigenvalue weighted by molar-refractivity contribution is 6.42. The van der Waals surface area contributed by atoms with Crippen LogP contribution in [0.1, 0.15) is 10.4 Å². The van der Waals surface area contributed by atoms with Gasteiger partial charge in [0.1, 0.15) is 0 Å². The quantitative estimate of drug-likeness (QED) is 0.896. The topological polar surface area (TPSA) is 58.4 Å². The smallest absolute Gasteiger partial charge is 0.250 e. The van der Waals surface area contributed by atoms with Crippen molar-refractivity contribution in [3.8, 4) is 11.1 Å². The molecule has 0 aliphatic carbocycles. The van der Waals surface area contributed by atoms with Gasteiger partial charge in [-0.1, -0.05) is 35.3 Å². The van der Waals surface area contributed by atoms with Gasteiger partial charge in [-0.15, -0.1) is 0 Å². The molecule has 1 amide bonds. The van der Waals surface area contributed by atoms with Crippen LogP contribution in [0.2, 0.25) is 10.0 Å². The number of carbonyl (C=O) groups is 1. The van der Waals surface area contributed by atoms with E-state index in [0.717, 1.165) is 37.4 Å². The Morgan fingerprint density at radius 2 is 1.87 bits per heavy atom. The van der Waals surface area contributed by atoms with Gasteiger partial charge in [0.05, 0.1) is 15.6 Å². The first kappa shape index (κ1) is 16.1. The Balaban J connectivity index is 2.03. The summed E-state index contributed by atoms with van der Waals surface area (Å²) >= 11 is 12.0. The van der Waals surface area contributed by atoms with E-state index in [0.29, 0.717) is 21.2 Å². The summed E-state index contributed by atoms with van der Waals surface area (Å²) in [6.45, 7) is 3.57. The van der Waals surface area contributed by atoms with Crippen molar-refractivity contribution in [2.45, 2.75) is 0 Å². The number of nitrogens with two attached hydrogens (primary N) is 1. The van der Waals surface area contributed by atoms with Gasteiger partial charge in [-0.05, 0) is 29.3 Å². The molecule has 3 rings (SSSR count). The van der Waals surface area contributed by atoms with Crippen LogP contribution >= 0.6 is 23.2 Å². The molecule has 0 unspecified atom stereocenters. The molecule has 6 heteroatoms. The Kier molecular flexibility index (Phi) is 4.76. The minimum Gasteiger partial charge on any atom is -0.368 e. The number of nitrogens with zero attached hydrogens (tertiary/aromatic N) is 1. The number of hydrogen-bond acceptors (Lipinski definition) is 3. The van der Waals surface area contributed by atoms with E-state index in [1.807, 2.05) is 18.2 Å². The third-order valence-corrected chi connectivity index (χ3v) is 4.60. The van der Waals surface area contributed by atoms with Gasteiger partial charge in [-0.25, -0.2) is 0 Å². The minimum atomic E-state index is -0.511. The van der Waals surface area contributed by atoms with Gasteiger partial charge in [-0.2, -0.15) is 0 Å². The number of amides is 1. The highest BCUT2D eigenvalue weighted by atomic mass is 35.5. The summed E-state index contributed by atoms with van der Waals surface area (Å²) in [7, 11) is 0. The number of benzene rings is 2. The Labute approximate surface area is 145 Å². The van der Waals surface area contributed by atoms with Crippen molar-refractivity contribution >= 4 is 34.8 Å². The number of nitrogens with one attached hydrogen (secondary N) is 1. The maximum Gasteiger partial charge on any atom is 0.250 e. The first-order valence-electron chi connectivity index (χ1n) is 7.33. The lowest BCUT2D eigenvalue weighted by Crippen LogP contribution is -2.43. The highest BCUT2D eigenvalue weighted by Crippen LogP contribution is 2.32. The van der Waals surface area contributed by atoms with E-state index in [9.17, 15) is 4.79 Å². The van der Waals surface area contributed by atoms with Crippen LogP contribution in [-0.2, 0) is 0 Å². The van der Waals surface area contributed by atoms with Crippen LogP contribution in [-0.4, -0.2) is 32.1 Å². The third-order valence-electron chi connectivity index (χ3n) is 3.86. The molecule has 1 heterocycles. The summed E-state index contributed by atoms with van der Waals surface area (Å²) in [5, 5.41) is 4.20. The summed E-state index contributed by atoms with van der Waals surface area (Å²) < 4.78 is 0. The van der Waals surface area contributed by atoms with Crippen molar-refractivity contribution in [2.75, 3.05) is 31.1 Å². The monoisotopic (exact) mass is 348 g/mol. The molecular weight excluding hydrogens is 333 g/mol. The molecule has 2 aromatic carbocycles. The van der Waals surface area contributed by atoms with Crippen LogP contribution < -0.4 is 16.0 Å². The maximum absolute atomic E-state index is 11.9. The second-order valence-corrected chi connectivity index (χ2v) is 6.18. The number of rotatable bonds is 3. The molecule has 0 atom stereocenters. The molecule has 0 spiro atoms. The van der Waals surface area contributed by atoms with E-state index in [1.165, 1.54) is 0 Å². The van der Waals surface area contributed by atoms with Crippen LogP contribution in [0.3, 0.4) is 0 Å². The Morgan fingerprint density at radius 3 is 2.52 bits per heavy atom. The molecule has 1 saturated heterocycles. The zero-order valence-corrected chi connectivity index (χ0v) is 13.9. The Hall–Kier alpha value is -1.75. The number of halogens is 2. The van der Waals surface area contributed by atoms with Crippen molar-refractivity contribution in [2.24, 2.45) is 5.73 Å². The molecule has 1 aliphatic heterocycles. The molecule has 0 aromatic heterocycles. The zero-order chi connectivity index (χ0) is 16.4. The highest BCUT2D eigenvalue weighted by Gasteiger charge is 2.17. The minimum absolute atomic E-state index is 0.361. The third kappa shape index (κ3) is 3.44. The molecule has 1 aliphatic rings. The number of hydrogen-bond donors (Lipinski definition) is 2. The van der Waals surface area contributed by atoms with Crippen LogP contribution in [0.4, 0.5) is 5.69 Å². The molecule has 4 nitrogen and oxygen atoms in total. The largest absolute Gasteiger partial charge is 0.368 e. The van der Waals surface area contributed by atoms with Crippen LogP contribution in [0.15, 0.2) is 30.3 Å². The molecule has 119 valence electrons. The number of carbonyl (C=O) groups excluding carboxylic acids is 1. The van der Waals surface area contributed by atoms with Gasteiger partial charge in [0, 0.05) is 37.9 Å². The van der Waals surface area contributed by atoms with Gasteiger partial charge in [0.2, 0.25) is 5.91 Å². The number of piperazine rings is 1. The lowest BCUT2D eigenvalue weighted by molar-refractivity contribution is 0.100. The molecule has 0 saturated carbocycles. The van der Waals surface area contributed by atoms with Crippen molar-refractivity contribution in [1.29, 1.82) is 0 Å². The lowest BCUT2D eigenvalue weighted by atomic mass is 9.98. The molecule has 2 aromatic rings. The normalized spacial score (nSPS) is 14.8. The number of primary amides is 1. The standard InChI is InChI=1S/C17H16Cl2N3O/c18-15-4-1-11(9-16(15)19)13-3-2-12(10-14(13)17(20)23)22-7-5-21-6-8-22/h1-4,9,21H,5-8H2,(H2,20,23). The van der Waals surface area contributed by atoms with Crippen LogP contribution in [0, 0.1) is 6.07 Å². The molecule has 3 N–H and O–H groups in total. The number of anilines is 1. The maximum atomic E-state index is 11.9. The Morgan fingerprint density at radius 1 is 1.13 bits per heavy atom. The predicted octanol–water partition coefficient (Wildman–Crippen LogP) is 2.97. The zero-order valence-electron chi connectivity index (χ0n) is 12.4. The molecule has 1 radical (unpaired) electrons. The summed E-state index contributed by atoms with van der Waals surface area (Å²) in [5.41, 5.74) is 8.29. The van der Waals surface area contributed by atoms with Gasteiger partial charge in [0.25, 0.3) is 0 Å². The molecular formula is C17H16Cl2N3O. The van der Waals surface area contributed by atoms with Gasteiger partial charge >= 0.3 is 0 Å². The van der Waals surface area contributed by atoms with E-state index in [4.69, 9.17) is 28.9 Å². The molecule has 23 heavy (non-hydrogen) atoms. The van der Waals surface area contributed by atoms with Crippen molar-refractivity contribution in [1.82, 2.24) is 5.32 Å². The summed E-state index contributed by atoms with van der Waals surface area (Å²) in [5.74, 6) is -0.511. The van der Waals surface area contributed by atoms with E-state index < -0.39 is 5.91 Å². The van der Waals surface area contributed by atoms with Crippen LogP contribution in [0.25, 0.3) is 11.1 Å². The summed E-state index contributed by atoms with van der Waals surface area (Å²) in [6.07, 6.45) is 0. The SMILES string of the molecule is NC(=O)c1[c]c(N2CCNCC2)ccc1-c1ccc(Cl)c(Cl)c1. The van der Waals surface area contributed by atoms with E-state index in [2.05, 4.69) is 16.3 Å². The van der Waals surface area contributed by atoms with Gasteiger partial charge in [0.15, 0.2) is 0 Å².